The summed E-state index contributed by atoms with van der Waals surface area (Å²) in [7, 11) is 0. The molecule has 1 amide bonds. The van der Waals surface area contributed by atoms with Gasteiger partial charge in [0.1, 0.15) is 5.82 Å². The van der Waals surface area contributed by atoms with Gasteiger partial charge >= 0.3 is 0 Å². The minimum absolute atomic E-state index is 0.0787. The maximum atomic E-state index is 13.5. The Balaban J connectivity index is 2.31. The third-order valence-corrected chi connectivity index (χ3v) is 3.78. The highest BCUT2D eigenvalue weighted by Gasteiger charge is 2.30. The molecular weight excluding hydrogens is 303 g/mol. The number of amides is 1. The Morgan fingerprint density at radius 3 is 3.00 bits per heavy atom. The molecule has 0 radical (unpaired) electrons. The third-order valence-electron chi connectivity index (χ3n) is 3.17. The summed E-state index contributed by atoms with van der Waals surface area (Å²) in [5.74, 6) is -0.845. The molecule has 1 heterocycles. The number of halogens is 2. The minimum atomic E-state index is -0.521. The maximum Gasteiger partial charge on any atom is 0.256 e. The fourth-order valence-corrected chi connectivity index (χ4v) is 2.56. The zero-order chi connectivity index (χ0) is 13.3. The Labute approximate surface area is 113 Å². The van der Waals surface area contributed by atoms with Crippen molar-refractivity contribution in [2.24, 2.45) is 0 Å². The molecule has 1 aliphatic rings. The molecule has 98 valence electrons. The van der Waals surface area contributed by atoms with Crippen molar-refractivity contribution in [3.63, 3.8) is 0 Å². The standard InChI is InChI=1S/C12H14BrFN2O2/c13-9-5-11(15)8(4-10(9)14)12(18)16-3-1-2-7(16)6-17/h4-5,7,17H,1-3,6,15H2/t7-/m0/s1. The minimum Gasteiger partial charge on any atom is -0.398 e. The highest BCUT2D eigenvalue weighted by atomic mass is 79.9. The number of nitrogen functional groups attached to an aromatic ring is 1. The van der Waals surface area contributed by atoms with Gasteiger partial charge in [-0.2, -0.15) is 0 Å². The third kappa shape index (κ3) is 2.35. The largest absolute Gasteiger partial charge is 0.398 e. The topological polar surface area (TPSA) is 66.6 Å². The highest BCUT2D eigenvalue weighted by molar-refractivity contribution is 9.10. The van der Waals surface area contributed by atoms with E-state index in [1.54, 1.807) is 4.90 Å². The molecule has 3 N–H and O–H groups in total. The molecule has 1 fully saturated rings. The van der Waals surface area contributed by atoms with Gasteiger partial charge in [-0.1, -0.05) is 0 Å². The highest BCUT2D eigenvalue weighted by Crippen LogP contribution is 2.26. The predicted octanol–water partition coefficient (Wildman–Crippen LogP) is 1.77. The molecule has 6 heteroatoms. The van der Waals surface area contributed by atoms with Crippen molar-refractivity contribution < 1.29 is 14.3 Å². The number of aliphatic hydroxyl groups excluding tert-OH is 1. The second kappa shape index (κ2) is 5.24. The number of hydrogen-bond donors (Lipinski definition) is 2. The fourth-order valence-electron chi connectivity index (χ4n) is 2.20. The molecule has 4 nitrogen and oxygen atoms in total. The van der Waals surface area contributed by atoms with Crippen molar-refractivity contribution in [3.05, 3.63) is 28.0 Å². The van der Waals surface area contributed by atoms with Crippen molar-refractivity contribution in [2.75, 3.05) is 18.9 Å². The van der Waals surface area contributed by atoms with Crippen LogP contribution in [-0.4, -0.2) is 35.1 Å². The first-order valence-electron chi connectivity index (χ1n) is 5.71. The molecule has 1 atom stereocenters. The lowest BCUT2D eigenvalue weighted by atomic mass is 10.1. The fraction of sp³-hybridized carbons (Fsp3) is 0.417. The lowest BCUT2D eigenvalue weighted by Gasteiger charge is -2.23. The number of carbonyl (C=O) groups is 1. The van der Waals surface area contributed by atoms with E-state index in [1.165, 1.54) is 6.07 Å². The number of benzene rings is 1. The van der Waals surface area contributed by atoms with Crippen LogP contribution >= 0.6 is 15.9 Å². The van der Waals surface area contributed by atoms with E-state index in [2.05, 4.69) is 15.9 Å². The number of nitrogens with two attached hydrogens (primary N) is 1. The maximum absolute atomic E-state index is 13.5. The van der Waals surface area contributed by atoms with E-state index >= 15 is 0 Å². The number of likely N-dealkylation sites (tertiary alicyclic amines) is 1. The van der Waals surface area contributed by atoms with Gasteiger partial charge in [0.05, 0.1) is 22.7 Å². The van der Waals surface area contributed by atoms with Crippen LogP contribution < -0.4 is 5.73 Å². The molecule has 18 heavy (non-hydrogen) atoms. The number of hydrogen-bond acceptors (Lipinski definition) is 3. The average molecular weight is 317 g/mol. The van der Waals surface area contributed by atoms with Crippen LogP contribution in [0.2, 0.25) is 0 Å². The SMILES string of the molecule is Nc1cc(Br)c(F)cc1C(=O)N1CCC[C@H]1CO. The normalized spacial score (nSPS) is 19.3. The Kier molecular flexibility index (Phi) is 3.87. The van der Waals surface area contributed by atoms with E-state index in [9.17, 15) is 14.3 Å². The molecule has 0 saturated carbocycles. The van der Waals surface area contributed by atoms with Gasteiger partial charge in [-0.25, -0.2) is 4.39 Å². The molecule has 1 aromatic rings. The molecule has 1 aromatic carbocycles. The number of nitrogens with zero attached hydrogens (tertiary/aromatic N) is 1. The van der Waals surface area contributed by atoms with E-state index in [4.69, 9.17) is 5.73 Å². The summed E-state index contributed by atoms with van der Waals surface area (Å²) in [6.45, 7) is 0.492. The van der Waals surface area contributed by atoms with Gasteiger partial charge in [0.25, 0.3) is 5.91 Å². The van der Waals surface area contributed by atoms with Crippen molar-refractivity contribution in [1.82, 2.24) is 4.90 Å². The van der Waals surface area contributed by atoms with E-state index in [1.807, 2.05) is 0 Å². The van der Waals surface area contributed by atoms with Gasteiger partial charge in [0.15, 0.2) is 0 Å². The second-order valence-electron chi connectivity index (χ2n) is 4.33. The quantitative estimate of drug-likeness (QED) is 0.817. The molecule has 0 aliphatic carbocycles. The van der Waals surface area contributed by atoms with Crippen molar-refractivity contribution in [1.29, 1.82) is 0 Å². The van der Waals surface area contributed by atoms with E-state index < -0.39 is 5.82 Å². The predicted molar refractivity (Wildman–Crippen MR) is 69.7 cm³/mol. The van der Waals surface area contributed by atoms with Crippen molar-refractivity contribution in [3.8, 4) is 0 Å². The van der Waals surface area contributed by atoms with Gasteiger partial charge in [-0.15, -0.1) is 0 Å². The van der Waals surface area contributed by atoms with Crippen LogP contribution in [-0.2, 0) is 0 Å². The van der Waals surface area contributed by atoms with Crippen molar-refractivity contribution >= 4 is 27.5 Å². The summed E-state index contributed by atoms with van der Waals surface area (Å²) in [5.41, 5.74) is 6.12. The Bertz CT molecular complexity index is 481. The summed E-state index contributed by atoms with van der Waals surface area (Å²) in [6.07, 6.45) is 1.61. The van der Waals surface area contributed by atoms with E-state index in [0.717, 1.165) is 18.9 Å². The first-order valence-corrected chi connectivity index (χ1v) is 6.50. The Morgan fingerprint density at radius 1 is 1.61 bits per heavy atom. The summed E-state index contributed by atoms with van der Waals surface area (Å²) in [5, 5.41) is 9.19. The molecule has 0 bridgehead atoms. The van der Waals surface area contributed by atoms with Crippen LogP contribution in [0.25, 0.3) is 0 Å². The van der Waals surface area contributed by atoms with Gasteiger partial charge < -0.3 is 15.7 Å². The Hall–Kier alpha value is -1.14. The molecule has 1 saturated heterocycles. The van der Waals surface area contributed by atoms with Gasteiger partial charge in [-0.05, 0) is 40.9 Å². The number of aliphatic hydroxyl groups is 1. The Morgan fingerprint density at radius 2 is 2.33 bits per heavy atom. The van der Waals surface area contributed by atoms with Crippen LogP contribution in [0.15, 0.2) is 16.6 Å². The summed E-state index contributed by atoms with van der Waals surface area (Å²) < 4.78 is 13.7. The molecule has 1 aliphatic heterocycles. The summed E-state index contributed by atoms with van der Waals surface area (Å²) >= 11 is 3.02. The first kappa shape index (κ1) is 13.3. The van der Waals surface area contributed by atoms with Crippen LogP contribution in [0, 0.1) is 5.82 Å². The molecular formula is C12H14BrFN2O2. The van der Waals surface area contributed by atoms with Crippen LogP contribution in [0.4, 0.5) is 10.1 Å². The van der Waals surface area contributed by atoms with E-state index in [-0.39, 0.29) is 34.3 Å². The van der Waals surface area contributed by atoms with Crippen LogP contribution in [0.1, 0.15) is 23.2 Å². The summed E-state index contributed by atoms with van der Waals surface area (Å²) in [6, 6.07) is 2.32. The molecule has 0 spiro atoms. The van der Waals surface area contributed by atoms with Crippen LogP contribution in [0.3, 0.4) is 0 Å². The number of carbonyl (C=O) groups excluding carboxylic acids is 1. The lowest BCUT2D eigenvalue weighted by Crippen LogP contribution is -2.38. The van der Waals surface area contributed by atoms with E-state index in [0.29, 0.717) is 6.54 Å². The molecule has 0 aromatic heterocycles. The second-order valence-corrected chi connectivity index (χ2v) is 5.19. The van der Waals surface area contributed by atoms with Gasteiger partial charge in [0, 0.05) is 12.2 Å². The first-order chi connectivity index (χ1) is 8.54. The van der Waals surface area contributed by atoms with Crippen LogP contribution in [0.5, 0.6) is 0 Å². The molecule has 0 unspecified atom stereocenters. The molecule has 2 rings (SSSR count). The average Bonchev–Trinajstić information content (AvgIpc) is 2.81. The summed E-state index contributed by atoms with van der Waals surface area (Å²) in [4.78, 5) is 13.8. The number of anilines is 1. The monoisotopic (exact) mass is 316 g/mol. The zero-order valence-corrected chi connectivity index (χ0v) is 11.3. The number of rotatable bonds is 2. The smallest absolute Gasteiger partial charge is 0.256 e. The van der Waals surface area contributed by atoms with Gasteiger partial charge in [-0.3, -0.25) is 4.79 Å². The van der Waals surface area contributed by atoms with Gasteiger partial charge in [0.2, 0.25) is 0 Å². The zero-order valence-electron chi connectivity index (χ0n) is 9.70. The van der Waals surface area contributed by atoms with Crippen molar-refractivity contribution in [2.45, 2.75) is 18.9 Å². The lowest BCUT2D eigenvalue weighted by molar-refractivity contribution is 0.0678.